The number of anilines is 1. The molecule has 3 nitrogen and oxygen atoms in total. The van der Waals surface area contributed by atoms with Gasteiger partial charge >= 0.3 is 0 Å². The van der Waals surface area contributed by atoms with Gasteiger partial charge in [-0.1, -0.05) is 12.1 Å². The third kappa shape index (κ3) is 4.81. The molecule has 0 saturated heterocycles. The minimum absolute atomic E-state index is 0.197. The zero-order valence-corrected chi connectivity index (χ0v) is 9.71. The molecule has 0 aliphatic carbocycles. The van der Waals surface area contributed by atoms with Gasteiger partial charge in [0.15, 0.2) is 0 Å². The van der Waals surface area contributed by atoms with Crippen LogP contribution in [-0.2, 0) is 11.3 Å². The van der Waals surface area contributed by atoms with Gasteiger partial charge in [0, 0.05) is 24.9 Å². The number of methoxy groups -OCH3 is 1. The van der Waals surface area contributed by atoms with E-state index >= 15 is 0 Å². The van der Waals surface area contributed by atoms with E-state index in [-0.39, 0.29) is 5.54 Å². The van der Waals surface area contributed by atoms with Crippen molar-refractivity contribution >= 4 is 5.69 Å². The fourth-order valence-electron chi connectivity index (χ4n) is 1.27. The molecule has 0 heterocycles. The lowest BCUT2D eigenvalue weighted by molar-refractivity contribution is 0.185. The molecule has 15 heavy (non-hydrogen) atoms. The second-order valence-electron chi connectivity index (χ2n) is 4.48. The highest BCUT2D eigenvalue weighted by atomic mass is 16.5. The molecule has 1 aromatic rings. The smallest absolute Gasteiger partial charge is 0.0713 e. The lowest BCUT2D eigenvalue weighted by atomic mass is 10.1. The van der Waals surface area contributed by atoms with Crippen molar-refractivity contribution in [2.24, 2.45) is 5.73 Å². The van der Waals surface area contributed by atoms with Crippen LogP contribution >= 0.6 is 0 Å². The Labute approximate surface area is 91.6 Å². The summed E-state index contributed by atoms with van der Waals surface area (Å²) in [4.78, 5) is 0. The maximum Gasteiger partial charge on any atom is 0.0713 e. The molecule has 1 rings (SSSR count). The molecule has 0 fully saturated rings. The van der Waals surface area contributed by atoms with Crippen LogP contribution in [0.4, 0.5) is 5.69 Å². The van der Waals surface area contributed by atoms with Gasteiger partial charge in [0.05, 0.1) is 6.61 Å². The topological polar surface area (TPSA) is 47.3 Å². The summed E-state index contributed by atoms with van der Waals surface area (Å²) in [7, 11) is 1.70. The summed E-state index contributed by atoms with van der Waals surface area (Å²) in [5, 5.41) is 3.30. The average Bonchev–Trinajstić information content (AvgIpc) is 2.15. The average molecular weight is 208 g/mol. The first kappa shape index (κ1) is 12.0. The molecule has 0 bridgehead atoms. The molecule has 3 heteroatoms. The molecule has 0 radical (unpaired) electrons. The van der Waals surface area contributed by atoms with E-state index in [0.717, 1.165) is 17.8 Å². The van der Waals surface area contributed by atoms with Crippen molar-refractivity contribution in [3.8, 4) is 0 Å². The third-order valence-electron chi connectivity index (χ3n) is 1.99. The van der Waals surface area contributed by atoms with Gasteiger partial charge in [-0.15, -0.1) is 0 Å². The highest BCUT2D eigenvalue weighted by Gasteiger charge is 2.09. The Morgan fingerprint density at radius 3 is 2.73 bits per heavy atom. The van der Waals surface area contributed by atoms with Crippen molar-refractivity contribution in [2.75, 3.05) is 19.0 Å². The molecular formula is C12H20N2O. The van der Waals surface area contributed by atoms with Crippen molar-refractivity contribution in [3.63, 3.8) is 0 Å². The molecule has 0 spiro atoms. The summed E-state index contributed by atoms with van der Waals surface area (Å²) in [6, 6.07) is 8.17. The first-order valence-electron chi connectivity index (χ1n) is 5.12. The molecule has 1 aromatic carbocycles. The molecule has 0 aromatic heterocycles. The number of hydrogen-bond acceptors (Lipinski definition) is 3. The predicted octanol–water partition coefficient (Wildman–Crippen LogP) is 1.98. The minimum atomic E-state index is -0.197. The second kappa shape index (κ2) is 5.14. The summed E-state index contributed by atoms with van der Waals surface area (Å²) in [6.45, 7) is 5.39. The van der Waals surface area contributed by atoms with E-state index < -0.39 is 0 Å². The Morgan fingerprint density at radius 2 is 2.13 bits per heavy atom. The van der Waals surface area contributed by atoms with Crippen LogP contribution in [0, 0.1) is 0 Å². The van der Waals surface area contributed by atoms with Crippen molar-refractivity contribution in [3.05, 3.63) is 29.8 Å². The number of benzene rings is 1. The molecule has 0 atom stereocenters. The van der Waals surface area contributed by atoms with Gasteiger partial charge < -0.3 is 15.8 Å². The number of hydrogen-bond donors (Lipinski definition) is 2. The van der Waals surface area contributed by atoms with E-state index in [2.05, 4.69) is 11.4 Å². The van der Waals surface area contributed by atoms with Crippen molar-refractivity contribution in [2.45, 2.75) is 26.0 Å². The highest BCUT2D eigenvalue weighted by molar-refractivity contribution is 5.45. The first-order chi connectivity index (χ1) is 7.01. The van der Waals surface area contributed by atoms with Crippen LogP contribution in [0.5, 0.6) is 0 Å². The van der Waals surface area contributed by atoms with Gasteiger partial charge in [0.1, 0.15) is 0 Å². The molecule has 0 amide bonds. The van der Waals surface area contributed by atoms with Crippen molar-refractivity contribution < 1.29 is 4.74 Å². The molecule has 0 unspecified atom stereocenters. The lowest BCUT2D eigenvalue weighted by Gasteiger charge is -2.20. The summed E-state index contributed by atoms with van der Waals surface area (Å²) in [6.07, 6.45) is 0. The van der Waals surface area contributed by atoms with Crippen LogP contribution < -0.4 is 11.1 Å². The highest BCUT2D eigenvalue weighted by Crippen LogP contribution is 2.12. The second-order valence-corrected chi connectivity index (χ2v) is 4.48. The van der Waals surface area contributed by atoms with Crippen LogP contribution in [0.1, 0.15) is 19.4 Å². The summed E-state index contributed by atoms with van der Waals surface area (Å²) < 4.78 is 5.08. The number of nitrogens with one attached hydrogen (secondary N) is 1. The zero-order valence-electron chi connectivity index (χ0n) is 9.71. The van der Waals surface area contributed by atoms with Gasteiger partial charge in [-0.2, -0.15) is 0 Å². The van der Waals surface area contributed by atoms with E-state index in [9.17, 15) is 0 Å². The zero-order chi connectivity index (χ0) is 11.3. The van der Waals surface area contributed by atoms with E-state index in [1.54, 1.807) is 7.11 Å². The largest absolute Gasteiger partial charge is 0.383 e. The molecule has 0 aliphatic rings. The summed E-state index contributed by atoms with van der Waals surface area (Å²) in [5.74, 6) is 0. The van der Waals surface area contributed by atoms with Crippen molar-refractivity contribution in [1.82, 2.24) is 0 Å². The molecule has 0 aliphatic heterocycles. The summed E-state index contributed by atoms with van der Waals surface area (Å²) in [5.41, 5.74) is 7.95. The quantitative estimate of drug-likeness (QED) is 0.778. The SMILES string of the molecule is COCc1cccc(NCC(C)(C)N)c1. The monoisotopic (exact) mass is 208 g/mol. The van der Waals surface area contributed by atoms with Gasteiger partial charge in [-0.25, -0.2) is 0 Å². The Bertz CT molecular complexity index is 305. The predicted molar refractivity (Wildman–Crippen MR) is 63.9 cm³/mol. The standard InChI is InChI=1S/C12H20N2O/c1-12(2,13)9-14-11-6-4-5-10(7-11)8-15-3/h4-7,14H,8-9,13H2,1-3H3. The maximum absolute atomic E-state index is 5.89. The Balaban J connectivity index is 2.57. The molecule has 84 valence electrons. The van der Waals surface area contributed by atoms with Gasteiger partial charge in [0.25, 0.3) is 0 Å². The Kier molecular flexibility index (Phi) is 4.12. The normalized spacial score (nSPS) is 11.5. The third-order valence-corrected chi connectivity index (χ3v) is 1.99. The number of rotatable bonds is 5. The molecular weight excluding hydrogens is 188 g/mol. The van der Waals surface area contributed by atoms with E-state index in [1.807, 2.05) is 32.0 Å². The fourth-order valence-corrected chi connectivity index (χ4v) is 1.27. The van der Waals surface area contributed by atoms with E-state index in [1.165, 1.54) is 0 Å². The van der Waals surface area contributed by atoms with Crippen molar-refractivity contribution in [1.29, 1.82) is 0 Å². The maximum atomic E-state index is 5.89. The van der Waals surface area contributed by atoms with Crippen LogP contribution in [0.15, 0.2) is 24.3 Å². The van der Waals surface area contributed by atoms with Gasteiger partial charge in [-0.05, 0) is 31.5 Å². The van der Waals surface area contributed by atoms with E-state index in [0.29, 0.717) is 6.61 Å². The minimum Gasteiger partial charge on any atom is -0.383 e. The molecule has 0 saturated carbocycles. The van der Waals surface area contributed by atoms with Crippen LogP contribution in [0.2, 0.25) is 0 Å². The van der Waals surface area contributed by atoms with Crippen LogP contribution in [0.3, 0.4) is 0 Å². The lowest BCUT2D eigenvalue weighted by Crippen LogP contribution is -2.39. The fraction of sp³-hybridized carbons (Fsp3) is 0.500. The number of ether oxygens (including phenoxy) is 1. The van der Waals surface area contributed by atoms with Crippen LogP contribution in [-0.4, -0.2) is 19.2 Å². The first-order valence-corrected chi connectivity index (χ1v) is 5.12. The van der Waals surface area contributed by atoms with Gasteiger partial charge in [0.2, 0.25) is 0 Å². The Hall–Kier alpha value is -1.06. The summed E-state index contributed by atoms with van der Waals surface area (Å²) >= 11 is 0. The van der Waals surface area contributed by atoms with E-state index in [4.69, 9.17) is 10.5 Å². The molecule has 3 N–H and O–H groups in total. The van der Waals surface area contributed by atoms with Gasteiger partial charge in [-0.3, -0.25) is 0 Å². The Morgan fingerprint density at radius 1 is 1.40 bits per heavy atom. The number of nitrogens with two attached hydrogens (primary N) is 1. The van der Waals surface area contributed by atoms with Crippen LogP contribution in [0.25, 0.3) is 0 Å².